The average molecular weight is 404 g/mol. The molecule has 2 saturated heterocycles. The van der Waals surface area contributed by atoms with Gasteiger partial charge in [0.2, 0.25) is 0 Å². The van der Waals surface area contributed by atoms with Gasteiger partial charge in [0.05, 0.1) is 26.8 Å². The van der Waals surface area contributed by atoms with Crippen LogP contribution in [-0.4, -0.2) is 43.9 Å². The van der Waals surface area contributed by atoms with Crippen molar-refractivity contribution in [2.75, 3.05) is 33.4 Å². The first kappa shape index (κ1) is 21.1. The van der Waals surface area contributed by atoms with Gasteiger partial charge in [-0.1, -0.05) is 42.5 Å². The Kier molecular flexibility index (Phi) is 7.36. The maximum atomic E-state index is 6.31. The molecule has 0 amide bonds. The molecule has 28 heavy (non-hydrogen) atoms. The van der Waals surface area contributed by atoms with E-state index in [0.29, 0.717) is 6.61 Å². The summed E-state index contributed by atoms with van der Waals surface area (Å²) in [6.45, 7) is 5.27. The highest BCUT2D eigenvalue weighted by molar-refractivity contribution is 5.28. The molecule has 0 spiro atoms. The fraction of sp³-hybridized carbons (Fsp3) is 0.478. The van der Waals surface area contributed by atoms with Crippen LogP contribution in [0.15, 0.2) is 54.6 Å². The van der Waals surface area contributed by atoms with Gasteiger partial charge in [0.25, 0.3) is 0 Å². The average Bonchev–Trinajstić information content (AvgIpc) is 3.17. The van der Waals surface area contributed by atoms with Crippen molar-refractivity contribution in [1.29, 1.82) is 0 Å². The molecule has 0 N–H and O–H groups in total. The zero-order valence-electron chi connectivity index (χ0n) is 16.6. The van der Waals surface area contributed by atoms with E-state index in [2.05, 4.69) is 30.3 Å². The molecule has 0 bridgehead atoms. The van der Waals surface area contributed by atoms with Crippen LogP contribution in [0.25, 0.3) is 0 Å². The molecule has 2 aromatic rings. The molecule has 152 valence electrons. The molecular weight excluding hydrogens is 374 g/mol. The van der Waals surface area contributed by atoms with Crippen LogP contribution in [-0.2, 0) is 16.0 Å². The van der Waals surface area contributed by atoms with Crippen LogP contribution < -0.4 is 17.1 Å². The van der Waals surface area contributed by atoms with Crippen LogP contribution in [0.3, 0.4) is 0 Å². The van der Waals surface area contributed by atoms with Crippen LogP contribution >= 0.6 is 0 Å². The minimum atomic E-state index is -0.262. The summed E-state index contributed by atoms with van der Waals surface area (Å²) in [5, 5.41) is 0. The first-order valence-corrected chi connectivity index (χ1v) is 10.1. The largest absolute Gasteiger partial charge is 1.00 e. The van der Waals surface area contributed by atoms with Crippen molar-refractivity contribution in [3.8, 4) is 5.75 Å². The van der Waals surface area contributed by atoms with Gasteiger partial charge in [-0.25, -0.2) is 0 Å². The standard InChI is InChI=1S/C23H30NO3.ClH/c1-25-21-12-10-20(11-13-21)23-26-18-22(27-23)17-24(14-6-3-7-15-24)16-19-8-4-2-5-9-19;/h2,4-5,8-13,22-23H,3,6-7,14-18H2,1H3;1H/q+1;/p-1. The predicted molar refractivity (Wildman–Crippen MR) is 105 cm³/mol. The molecular formula is C23H30ClNO3. The number of nitrogens with zero attached hydrogens (tertiary/aromatic N) is 1. The van der Waals surface area contributed by atoms with E-state index in [0.717, 1.165) is 28.9 Å². The Hall–Kier alpha value is -1.59. The summed E-state index contributed by atoms with van der Waals surface area (Å²) in [5.74, 6) is 0.856. The number of quaternary nitrogens is 1. The van der Waals surface area contributed by atoms with E-state index in [9.17, 15) is 0 Å². The number of piperidine rings is 1. The first-order valence-electron chi connectivity index (χ1n) is 10.1. The van der Waals surface area contributed by atoms with Crippen molar-refractivity contribution < 1.29 is 31.1 Å². The minimum Gasteiger partial charge on any atom is -1.00 e. The quantitative estimate of drug-likeness (QED) is 0.681. The lowest BCUT2D eigenvalue weighted by atomic mass is 10.0. The van der Waals surface area contributed by atoms with Crippen LogP contribution in [0.1, 0.15) is 36.7 Å². The van der Waals surface area contributed by atoms with Gasteiger partial charge in [-0.05, 0) is 31.4 Å². The maximum Gasteiger partial charge on any atom is 0.184 e. The normalized spacial score (nSPS) is 23.8. The molecule has 2 atom stereocenters. The van der Waals surface area contributed by atoms with Crippen molar-refractivity contribution >= 4 is 0 Å². The van der Waals surface area contributed by atoms with Gasteiger partial charge in [-0.3, -0.25) is 0 Å². The number of rotatable bonds is 6. The molecule has 0 radical (unpaired) electrons. The topological polar surface area (TPSA) is 27.7 Å². The molecule has 2 aromatic carbocycles. The van der Waals surface area contributed by atoms with E-state index in [-0.39, 0.29) is 24.8 Å². The lowest BCUT2D eigenvalue weighted by molar-refractivity contribution is -0.947. The van der Waals surface area contributed by atoms with E-state index in [1.165, 1.54) is 37.9 Å². The second-order valence-electron chi connectivity index (χ2n) is 7.87. The van der Waals surface area contributed by atoms with E-state index in [1.54, 1.807) is 7.11 Å². The summed E-state index contributed by atoms with van der Waals surface area (Å²) >= 11 is 0. The Labute approximate surface area is 174 Å². The van der Waals surface area contributed by atoms with Crippen molar-refractivity contribution in [1.82, 2.24) is 0 Å². The zero-order chi connectivity index (χ0) is 18.5. The van der Waals surface area contributed by atoms with E-state index in [4.69, 9.17) is 14.2 Å². The predicted octanol–water partition coefficient (Wildman–Crippen LogP) is 1.31. The number of likely N-dealkylation sites (tertiary alicyclic amines) is 1. The molecule has 4 nitrogen and oxygen atoms in total. The second kappa shape index (κ2) is 9.75. The SMILES string of the molecule is COc1ccc(C2OCC(C[N+]3(Cc4ccccc4)CCCCC3)O2)cc1.[Cl-]. The third-order valence-electron chi connectivity index (χ3n) is 5.85. The third-order valence-corrected chi connectivity index (χ3v) is 5.85. The number of ether oxygens (including phenoxy) is 3. The van der Waals surface area contributed by atoms with Crippen molar-refractivity contribution in [3.63, 3.8) is 0 Å². The number of hydrogen-bond acceptors (Lipinski definition) is 3. The van der Waals surface area contributed by atoms with Gasteiger partial charge in [0.15, 0.2) is 6.29 Å². The van der Waals surface area contributed by atoms with Gasteiger partial charge < -0.3 is 31.1 Å². The van der Waals surface area contributed by atoms with Crippen molar-refractivity contribution in [3.05, 3.63) is 65.7 Å². The summed E-state index contributed by atoms with van der Waals surface area (Å²) in [4.78, 5) is 0. The first-order chi connectivity index (χ1) is 13.3. The summed E-state index contributed by atoms with van der Waals surface area (Å²) in [5.41, 5.74) is 2.48. The fourth-order valence-electron chi connectivity index (χ4n) is 4.47. The summed E-state index contributed by atoms with van der Waals surface area (Å²) in [6.07, 6.45) is 3.86. The molecule has 2 fully saturated rings. The number of hydrogen-bond donors (Lipinski definition) is 0. The van der Waals surface area contributed by atoms with E-state index < -0.39 is 0 Å². The van der Waals surface area contributed by atoms with Gasteiger partial charge in [-0.2, -0.15) is 0 Å². The lowest BCUT2D eigenvalue weighted by Gasteiger charge is -2.42. The number of methoxy groups -OCH3 is 1. The monoisotopic (exact) mass is 403 g/mol. The molecule has 2 aliphatic rings. The molecule has 5 heteroatoms. The van der Waals surface area contributed by atoms with Crippen LogP contribution in [0.4, 0.5) is 0 Å². The molecule has 4 rings (SSSR count). The molecule has 2 aliphatic heterocycles. The Morgan fingerprint density at radius 1 is 0.964 bits per heavy atom. The Morgan fingerprint density at radius 3 is 2.36 bits per heavy atom. The smallest absolute Gasteiger partial charge is 0.184 e. The molecule has 2 heterocycles. The van der Waals surface area contributed by atoms with Gasteiger partial charge in [0.1, 0.15) is 24.9 Å². The van der Waals surface area contributed by atoms with Crippen molar-refractivity contribution in [2.45, 2.75) is 38.2 Å². The highest BCUT2D eigenvalue weighted by atomic mass is 35.5. The fourth-order valence-corrected chi connectivity index (χ4v) is 4.47. The van der Waals surface area contributed by atoms with Gasteiger partial charge in [-0.15, -0.1) is 0 Å². The molecule has 2 unspecified atom stereocenters. The highest BCUT2D eigenvalue weighted by Gasteiger charge is 2.37. The van der Waals surface area contributed by atoms with Gasteiger partial charge >= 0.3 is 0 Å². The van der Waals surface area contributed by atoms with E-state index >= 15 is 0 Å². The Bertz CT molecular complexity index is 716. The molecule has 0 aromatic heterocycles. The van der Waals surface area contributed by atoms with Gasteiger partial charge in [0, 0.05) is 11.1 Å². The highest BCUT2D eigenvalue weighted by Crippen LogP contribution is 2.31. The minimum absolute atomic E-state index is 0. The second-order valence-corrected chi connectivity index (χ2v) is 7.87. The van der Waals surface area contributed by atoms with Crippen LogP contribution in [0, 0.1) is 0 Å². The summed E-state index contributed by atoms with van der Waals surface area (Å²) in [6, 6.07) is 18.9. The van der Waals surface area contributed by atoms with Crippen LogP contribution in [0.5, 0.6) is 5.75 Å². The summed E-state index contributed by atoms with van der Waals surface area (Å²) in [7, 11) is 1.68. The summed E-state index contributed by atoms with van der Waals surface area (Å²) < 4.78 is 18.7. The lowest BCUT2D eigenvalue weighted by Crippen LogP contribution is -3.00. The van der Waals surface area contributed by atoms with Crippen LogP contribution in [0.2, 0.25) is 0 Å². The Morgan fingerprint density at radius 2 is 1.68 bits per heavy atom. The van der Waals surface area contributed by atoms with Crippen molar-refractivity contribution in [2.24, 2.45) is 0 Å². The molecule has 0 aliphatic carbocycles. The molecule has 0 saturated carbocycles. The van der Waals surface area contributed by atoms with E-state index in [1.807, 2.05) is 24.3 Å². The number of benzene rings is 2. The Balaban J connectivity index is 0.00000225. The third kappa shape index (κ3) is 5.06. The zero-order valence-corrected chi connectivity index (χ0v) is 17.3. The number of halogens is 1. The maximum absolute atomic E-state index is 6.31.